The fraction of sp³-hybridized carbons (Fsp3) is 0.538. The van der Waals surface area contributed by atoms with Crippen molar-refractivity contribution in [3.63, 3.8) is 0 Å². The van der Waals surface area contributed by atoms with Gasteiger partial charge in [-0.3, -0.25) is 0 Å². The predicted molar refractivity (Wildman–Crippen MR) is 80.2 cm³/mol. The maximum atomic E-state index is 13.8. The van der Waals surface area contributed by atoms with E-state index in [9.17, 15) is 12.8 Å². The summed E-state index contributed by atoms with van der Waals surface area (Å²) in [6, 6.07) is 2.20. The van der Waals surface area contributed by atoms with Crippen LogP contribution < -0.4 is 10.5 Å². The van der Waals surface area contributed by atoms with Crippen LogP contribution in [0.1, 0.15) is 26.7 Å². The monoisotopic (exact) mass is 364 g/mol. The SMILES string of the molecule is CC(C)C1(CNS(=O)(=O)c2cc(N)c(Br)cc2F)CC1. The minimum Gasteiger partial charge on any atom is -0.398 e. The van der Waals surface area contributed by atoms with Gasteiger partial charge in [-0.25, -0.2) is 17.5 Å². The lowest BCUT2D eigenvalue weighted by molar-refractivity contribution is 0.357. The van der Waals surface area contributed by atoms with Gasteiger partial charge in [-0.1, -0.05) is 13.8 Å². The lowest BCUT2D eigenvalue weighted by Crippen LogP contribution is -2.33. The summed E-state index contributed by atoms with van der Waals surface area (Å²) in [5.74, 6) is -0.419. The first-order valence-electron chi connectivity index (χ1n) is 6.42. The van der Waals surface area contributed by atoms with Crippen LogP contribution in [-0.2, 0) is 10.0 Å². The van der Waals surface area contributed by atoms with Gasteiger partial charge in [0.15, 0.2) is 0 Å². The highest BCUT2D eigenvalue weighted by Gasteiger charge is 2.45. The van der Waals surface area contributed by atoms with E-state index in [-0.39, 0.29) is 11.1 Å². The molecule has 7 heteroatoms. The van der Waals surface area contributed by atoms with Crippen LogP contribution in [0.25, 0.3) is 0 Å². The maximum Gasteiger partial charge on any atom is 0.243 e. The number of benzene rings is 1. The Hall–Kier alpha value is -0.660. The molecule has 0 atom stereocenters. The van der Waals surface area contributed by atoms with Gasteiger partial charge in [0.2, 0.25) is 10.0 Å². The van der Waals surface area contributed by atoms with Crippen molar-refractivity contribution in [2.24, 2.45) is 11.3 Å². The van der Waals surface area contributed by atoms with Crippen molar-refractivity contribution >= 4 is 31.6 Å². The molecule has 0 heterocycles. The minimum atomic E-state index is -3.88. The van der Waals surface area contributed by atoms with Crippen LogP contribution in [0.4, 0.5) is 10.1 Å². The van der Waals surface area contributed by atoms with Crippen molar-refractivity contribution in [3.05, 3.63) is 22.4 Å². The summed E-state index contributed by atoms with van der Waals surface area (Å²) >= 11 is 3.07. The number of nitrogens with two attached hydrogens (primary N) is 1. The lowest BCUT2D eigenvalue weighted by Gasteiger charge is -2.20. The molecule has 0 aliphatic heterocycles. The molecule has 2 rings (SSSR count). The summed E-state index contributed by atoms with van der Waals surface area (Å²) in [6.45, 7) is 4.47. The van der Waals surface area contributed by atoms with Gasteiger partial charge < -0.3 is 5.73 Å². The molecule has 1 aliphatic carbocycles. The van der Waals surface area contributed by atoms with Gasteiger partial charge >= 0.3 is 0 Å². The van der Waals surface area contributed by atoms with E-state index in [0.717, 1.165) is 25.0 Å². The number of nitrogen functional groups attached to an aromatic ring is 1. The molecule has 1 fully saturated rings. The van der Waals surface area contributed by atoms with E-state index in [4.69, 9.17) is 5.73 Å². The molecule has 0 amide bonds. The quantitative estimate of drug-likeness (QED) is 0.789. The van der Waals surface area contributed by atoms with Gasteiger partial charge in [0.25, 0.3) is 0 Å². The molecule has 0 bridgehead atoms. The van der Waals surface area contributed by atoms with Crippen molar-refractivity contribution in [2.75, 3.05) is 12.3 Å². The Kier molecular flexibility index (Phi) is 4.15. The van der Waals surface area contributed by atoms with E-state index < -0.39 is 20.7 Å². The Labute approximate surface area is 127 Å². The molecular formula is C13H18BrFN2O2S. The van der Waals surface area contributed by atoms with Crippen molar-refractivity contribution in [2.45, 2.75) is 31.6 Å². The molecule has 0 unspecified atom stereocenters. The van der Waals surface area contributed by atoms with E-state index in [1.165, 1.54) is 0 Å². The Balaban J connectivity index is 2.21. The third-order valence-corrected chi connectivity index (χ3v) is 6.17. The summed E-state index contributed by atoms with van der Waals surface area (Å²) in [7, 11) is -3.88. The fourth-order valence-corrected chi connectivity index (χ4v) is 3.73. The van der Waals surface area contributed by atoms with Gasteiger partial charge in [0, 0.05) is 16.7 Å². The average molecular weight is 365 g/mol. The Morgan fingerprint density at radius 3 is 2.55 bits per heavy atom. The zero-order chi connectivity index (χ0) is 15.1. The summed E-state index contributed by atoms with van der Waals surface area (Å²) < 4.78 is 41.0. The minimum absolute atomic E-state index is 0.0183. The summed E-state index contributed by atoms with van der Waals surface area (Å²) in [5, 5.41) is 0. The van der Waals surface area contributed by atoms with Crippen LogP contribution in [0, 0.1) is 17.2 Å². The first-order valence-corrected chi connectivity index (χ1v) is 8.70. The molecule has 1 aromatic carbocycles. The number of hydrogen-bond donors (Lipinski definition) is 2. The molecule has 1 aromatic rings. The molecule has 0 radical (unpaired) electrons. The second kappa shape index (κ2) is 5.27. The zero-order valence-corrected chi connectivity index (χ0v) is 13.8. The number of rotatable bonds is 5. The van der Waals surface area contributed by atoms with Gasteiger partial charge in [-0.05, 0) is 52.2 Å². The second-order valence-corrected chi connectivity index (χ2v) is 8.24. The van der Waals surface area contributed by atoms with Crippen molar-refractivity contribution in [1.82, 2.24) is 4.72 Å². The van der Waals surface area contributed by atoms with Gasteiger partial charge in [-0.15, -0.1) is 0 Å². The van der Waals surface area contributed by atoms with Crippen molar-refractivity contribution in [3.8, 4) is 0 Å². The molecule has 1 aliphatic rings. The topological polar surface area (TPSA) is 72.2 Å². The smallest absolute Gasteiger partial charge is 0.243 e. The summed E-state index contributed by atoms with van der Waals surface area (Å²) in [4.78, 5) is -0.405. The molecule has 3 N–H and O–H groups in total. The first-order chi connectivity index (χ1) is 9.18. The number of anilines is 1. The van der Waals surface area contributed by atoms with Crippen LogP contribution in [0.15, 0.2) is 21.5 Å². The molecule has 0 aromatic heterocycles. The molecular weight excluding hydrogens is 347 g/mol. The first kappa shape index (κ1) is 15.7. The van der Waals surface area contributed by atoms with E-state index >= 15 is 0 Å². The van der Waals surface area contributed by atoms with Gasteiger partial charge in [0.05, 0.1) is 0 Å². The highest BCUT2D eigenvalue weighted by Crippen LogP contribution is 2.51. The molecule has 1 saturated carbocycles. The van der Waals surface area contributed by atoms with Gasteiger partial charge in [-0.2, -0.15) is 0 Å². The van der Waals surface area contributed by atoms with Crippen molar-refractivity contribution < 1.29 is 12.8 Å². The van der Waals surface area contributed by atoms with Crippen LogP contribution in [0.3, 0.4) is 0 Å². The Bertz CT molecular complexity index is 628. The largest absolute Gasteiger partial charge is 0.398 e. The zero-order valence-electron chi connectivity index (χ0n) is 11.4. The second-order valence-electron chi connectivity index (χ2n) is 5.65. The molecule has 112 valence electrons. The Morgan fingerprint density at radius 2 is 2.05 bits per heavy atom. The molecule has 0 spiro atoms. The average Bonchev–Trinajstić information content (AvgIpc) is 3.12. The number of hydrogen-bond acceptors (Lipinski definition) is 3. The van der Waals surface area contributed by atoms with E-state index in [1.54, 1.807) is 0 Å². The molecule has 0 saturated heterocycles. The third-order valence-electron chi connectivity index (χ3n) is 4.07. The highest BCUT2D eigenvalue weighted by molar-refractivity contribution is 9.10. The lowest BCUT2D eigenvalue weighted by atomic mass is 9.93. The maximum absolute atomic E-state index is 13.8. The predicted octanol–water partition coefficient (Wildman–Crippen LogP) is 2.88. The number of sulfonamides is 1. The van der Waals surface area contributed by atoms with E-state index in [2.05, 4.69) is 34.5 Å². The van der Waals surface area contributed by atoms with Crippen LogP contribution in [-0.4, -0.2) is 15.0 Å². The van der Waals surface area contributed by atoms with Crippen LogP contribution >= 0.6 is 15.9 Å². The highest BCUT2D eigenvalue weighted by atomic mass is 79.9. The van der Waals surface area contributed by atoms with Crippen LogP contribution in [0.2, 0.25) is 0 Å². The van der Waals surface area contributed by atoms with E-state index in [1.807, 2.05) is 0 Å². The fourth-order valence-electron chi connectivity index (χ4n) is 2.19. The normalized spacial score (nSPS) is 17.4. The number of nitrogens with one attached hydrogen (secondary N) is 1. The Morgan fingerprint density at radius 1 is 1.45 bits per heavy atom. The van der Waals surface area contributed by atoms with Crippen LogP contribution in [0.5, 0.6) is 0 Å². The standard InChI is InChI=1S/C13H18BrFN2O2S/c1-8(2)13(3-4-13)7-17-20(18,19)12-6-11(16)9(14)5-10(12)15/h5-6,8,17H,3-4,7,16H2,1-2H3. The van der Waals surface area contributed by atoms with Gasteiger partial charge in [0.1, 0.15) is 10.7 Å². The molecule has 4 nitrogen and oxygen atoms in total. The third kappa shape index (κ3) is 2.99. The summed E-state index contributed by atoms with van der Waals surface area (Å²) in [6.07, 6.45) is 2.00. The molecule has 20 heavy (non-hydrogen) atoms. The summed E-state index contributed by atoms with van der Waals surface area (Å²) in [5.41, 5.74) is 5.83. The van der Waals surface area contributed by atoms with Crippen molar-refractivity contribution in [1.29, 1.82) is 0 Å². The number of halogens is 2. The van der Waals surface area contributed by atoms with E-state index in [0.29, 0.717) is 16.9 Å².